The highest BCUT2D eigenvalue weighted by Gasteiger charge is 2.32. The minimum atomic E-state index is -0.182. The van der Waals surface area contributed by atoms with Crippen LogP contribution in [0.25, 0.3) is 0 Å². The van der Waals surface area contributed by atoms with Gasteiger partial charge in [-0.2, -0.15) is 0 Å². The maximum absolute atomic E-state index is 12.0. The van der Waals surface area contributed by atoms with Gasteiger partial charge in [-0.15, -0.1) is 0 Å². The highest BCUT2D eigenvalue weighted by molar-refractivity contribution is 6.42. The van der Waals surface area contributed by atoms with Crippen molar-refractivity contribution in [2.45, 2.75) is 31.7 Å². The Balaban J connectivity index is 1.57. The minimum absolute atomic E-state index is 0.160. The summed E-state index contributed by atoms with van der Waals surface area (Å²) in [5.41, 5.74) is 1.51. The summed E-state index contributed by atoms with van der Waals surface area (Å²) in [5.74, 6) is 0.759. The van der Waals surface area contributed by atoms with Gasteiger partial charge in [-0.25, -0.2) is 4.98 Å². The second kappa shape index (κ2) is 5.70. The minimum Gasteiger partial charge on any atom is -0.448 e. The topological polar surface area (TPSA) is 55.1 Å². The molecule has 2 aromatic rings. The first-order valence-corrected chi connectivity index (χ1v) is 7.46. The lowest BCUT2D eigenvalue weighted by Crippen LogP contribution is -2.43. The van der Waals surface area contributed by atoms with Gasteiger partial charge in [-0.1, -0.05) is 29.3 Å². The van der Waals surface area contributed by atoms with Crippen LogP contribution in [0, 0.1) is 6.92 Å². The van der Waals surface area contributed by atoms with Gasteiger partial charge in [0, 0.05) is 6.04 Å². The van der Waals surface area contributed by atoms with E-state index in [0.717, 1.165) is 18.4 Å². The molecule has 1 amide bonds. The summed E-state index contributed by atoms with van der Waals surface area (Å²) in [7, 11) is 0. The van der Waals surface area contributed by atoms with Crippen molar-refractivity contribution in [1.29, 1.82) is 0 Å². The van der Waals surface area contributed by atoms with Crippen molar-refractivity contribution < 1.29 is 9.21 Å². The van der Waals surface area contributed by atoms with Crippen LogP contribution in [0.15, 0.2) is 29.0 Å². The Morgan fingerprint density at radius 3 is 2.71 bits per heavy atom. The summed E-state index contributed by atoms with van der Waals surface area (Å²) in [4.78, 5) is 15.9. The summed E-state index contributed by atoms with van der Waals surface area (Å²) in [6.45, 7) is 1.72. The zero-order valence-corrected chi connectivity index (χ0v) is 12.9. The highest BCUT2D eigenvalue weighted by atomic mass is 35.5. The van der Waals surface area contributed by atoms with Crippen LogP contribution in [0.4, 0.5) is 0 Å². The summed E-state index contributed by atoms with van der Waals surface area (Å²) in [6.07, 6.45) is 3.06. The van der Waals surface area contributed by atoms with Gasteiger partial charge in [0.05, 0.1) is 10.0 Å². The number of oxazole rings is 1. The molecule has 1 heterocycles. The third kappa shape index (κ3) is 2.92. The zero-order valence-electron chi connectivity index (χ0n) is 11.4. The Hall–Kier alpha value is -1.52. The number of halogens is 2. The molecule has 4 nitrogen and oxygen atoms in total. The molecule has 0 bridgehead atoms. The molecule has 0 aliphatic heterocycles. The molecule has 1 aliphatic rings. The molecule has 0 atom stereocenters. The van der Waals surface area contributed by atoms with Crippen molar-refractivity contribution in [3.8, 4) is 0 Å². The molecular formula is C15H14Cl2N2O2. The number of hydrogen-bond donors (Lipinski definition) is 1. The fourth-order valence-electron chi connectivity index (χ4n) is 2.55. The lowest BCUT2D eigenvalue weighted by atomic mass is 9.76. The van der Waals surface area contributed by atoms with E-state index in [9.17, 15) is 4.79 Å². The van der Waals surface area contributed by atoms with Crippen LogP contribution in [0.1, 0.15) is 40.6 Å². The number of aryl methyl sites for hydroxylation is 1. The first kappa shape index (κ1) is 14.4. The molecule has 1 aliphatic carbocycles. The van der Waals surface area contributed by atoms with Gasteiger partial charge in [0.1, 0.15) is 5.76 Å². The first-order valence-electron chi connectivity index (χ1n) is 6.70. The zero-order chi connectivity index (χ0) is 15.0. The maximum atomic E-state index is 12.0. The number of hydrogen-bond acceptors (Lipinski definition) is 3. The molecule has 0 saturated heterocycles. The Kier molecular flexibility index (Phi) is 3.91. The van der Waals surface area contributed by atoms with Gasteiger partial charge in [0.15, 0.2) is 12.1 Å². The molecule has 3 rings (SSSR count). The molecule has 1 aromatic carbocycles. The number of aromatic nitrogens is 1. The summed E-state index contributed by atoms with van der Waals surface area (Å²) in [6, 6.07) is 5.85. The average Bonchev–Trinajstić information content (AvgIpc) is 2.83. The predicted octanol–water partition coefficient (Wildman–Crippen LogP) is 3.97. The standard InChI is InChI=1S/C15H14Cl2N2O2/c1-8-14(18-7-21-8)15(20)19-11-4-10(5-11)9-2-3-12(16)13(17)6-9/h2-3,6-7,10-11H,4-5H2,1H3,(H,19,20). The van der Waals surface area contributed by atoms with E-state index in [1.54, 1.807) is 6.92 Å². The molecule has 21 heavy (non-hydrogen) atoms. The van der Waals surface area contributed by atoms with Gasteiger partial charge in [-0.3, -0.25) is 4.79 Å². The Morgan fingerprint density at radius 2 is 2.10 bits per heavy atom. The van der Waals surface area contributed by atoms with Crippen LogP contribution in [0.3, 0.4) is 0 Å². The lowest BCUT2D eigenvalue weighted by Gasteiger charge is -2.36. The fraction of sp³-hybridized carbons (Fsp3) is 0.333. The summed E-state index contributed by atoms with van der Waals surface area (Å²) < 4.78 is 5.03. The SMILES string of the molecule is Cc1ocnc1C(=O)NC1CC(c2ccc(Cl)c(Cl)c2)C1. The molecule has 1 fully saturated rings. The van der Waals surface area contributed by atoms with Crippen LogP contribution >= 0.6 is 23.2 Å². The lowest BCUT2D eigenvalue weighted by molar-refractivity contribution is 0.0903. The second-order valence-corrected chi connectivity index (χ2v) is 6.08. The van der Waals surface area contributed by atoms with Gasteiger partial charge in [0.25, 0.3) is 5.91 Å². The largest absolute Gasteiger partial charge is 0.448 e. The normalized spacial score (nSPS) is 20.9. The van der Waals surface area contributed by atoms with E-state index >= 15 is 0 Å². The van der Waals surface area contributed by atoms with Crippen LogP contribution < -0.4 is 5.32 Å². The van der Waals surface area contributed by atoms with E-state index in [1.807, 2.05) is 18.2 Å². The molecule has 0 spiro atoms. The van der Waals surface area contributed by atoms with Crippen LogP contribution in [-0.4, -0.2) is 16.9 Å². The second-order valence-electron chi connectivity index (χ2n) is 5.27. The van der Waals surface area contributed by atoms with Gasteiger partial charge < -0.3 is 9.73 Å². The number of nitrogens with one attached hydrogen (secondary N) is 1. The van der Waals surface area contributed by atoms with E-state index < -0.39 is 0 Å². The number of amides is 1. The number of benzene rings is 1. The quantitative estimate of drug-likeness (QED) is 0.929. The molecule has 110 valence electrons. The summed E-state index contributed by atoms with van der Waals surface area (Å²) in [5, 5.41) is 4.10. The smallest absolute Gasteiger partial charge is 0.273 e. The van der Waals surface area contributed by atoms with Crippen molar-refractivity contribution in [1.82, 2.24) is 10.3 Å². The molecule has 6 heteroatoms. The number of nitrogens with zero attached hydrogens (tertiary/aromatic N) is 1. The highest BCUT2D eigenvalue weighted by Crippen LogP contribution is 2.39. The van der Waals surface area contributed by atoms with E-state index in [4.69, 9.17) is 27.6 Å². The van der Waals surface area contributed by atoms with Gasteiger partial charge in [0.2, 0.25) is 0 Å². The van der Waals surface area contributed by atoms with Crippen molar-refractivity contribution >= 4 is 29.1 Å². The molecule has 1 saturated carbocycles. The number of carbonyl (C=O) groups is 1. The van der Waals surface area contributed by atoms with E-state index in [1.165, 1.54) is 6.39 Å². The van der Waals surface area contributed by atoms with Crippen molar-refractivity contribution in [2.75, 3.05) is 0 Å². The monoisotopic (exact) mass is 324 g/mol. The molecule has 1 N–H and O–H groups in total. The predicted molar refractivity (Wildman–Crippen MR) is 80.9 cm³/mol. The number of carbonyl (C=O) groups excluding carboxylic acids is 1. The molecular weight excluding hydrogens is 311 g/mol. The van der Waals surface area contributed by atoms with E-state index in [-0.39, 0.29) is 11.9 Å². The Labute approximate surface area is 132 Å². The Morgan fingerprint density at radius 1 is 1.33 bits per heavy atom. The van der Waals surface area contributed by atoms with Crippen molar-refractivity contribution in [3.63, 3.8) is 0 Å². The van der Waals surface area contributed by atoms with Gasteiger partial charge in [-0.05, 0) is 43.4 Å². The third-order valence-corrected chi connectivity index (χ3v) is 4.59. The van der Waals surface area contributed by atoms with Crippen LogP contribution in [0.5, 0.6) is 0 Å². The third-order valence-electron chi connectivity index (χ3n) is 3.85. The van der Waals surface area contributed by atoms with E-state index in [0.29, 0.717) is 27.4 Å². The average molecular weight is 325 g/mol. The maximum Gasteiger partial charge on any atom is 0.273 e. The fourth-order valence-corrected chi connectivity index (χ4v) is 2.86. The van der Waals surface area contributed by atoms with Crippen LogP contribution in [-0.2, 0) is 0 Å². The summed E-state index contributed by atoms with van der Waals surface area (Å²) >= 11 is 11.9. The van der Waals surface area contributed by atoms with E-state index in [2.05, 4.69) is 10.3 Å². The van der Waals surface area contributed by atoms with Crippen molar-refractivity contribution in [2.24, 2.45) is 0 Å². The van der Waals surface area contributed by atoms with Crippen molar-refractivity contribution in [3.05, 3.63) is 51.7 Å². The van der Waals surface area contributed by atoms with Crippen LogP contribution in [0.2, 0.25) is 10.0 Å². The molecule has 1 aromatic heterocycles. The first-order chi connectivity index (χ1) is 10.0. The Bertz CT molecular complexity index is 678. The number of rotatable bonds is 3. The van der Waals surface area contributed by atoms with Gasteiger partial charge >= 0.3 is 0 Å². The molecule has 0 unspecified atom stereocenters. The molecule has 0 radical (unpaired) electrons.